The lowest BCUT2D eigenvalue weighted by molar-refractivity contribution is 1.09. The van der Waals surface area contributed by atoms with Crippen molar-refractivity contribution in [2.75, 3.05) is 5.32 Å². The molecule has 5 heteroatoms. The quantitative estimate of drug-likeness (QED) is 0.798. The SMILES string of the molecule is Brc1ccsc1CNc1cccc2nccn12. The molecule has 3 aromatic heterocycles. The molecule has 0 aliphatic rings. The number of hydrogen-bond acceptors (Lipinski definition) is 3. The van der Waals surface area contributed by atoms with E-state index in [2.05, 4.69) is 43.7 Å². The van der Waals surface area contributed by atoms with Gasteiger partial charge in [-0.15, -0.1) is 11.3 Å². The Kier molecular flexibility index (Phi) is 2.86. The van der Waals surface area contributed by atoms with Gasteiger partial charge in [0.15, 0.2) is 0 Å². The van der Waals surface area contributed by atoms with Gasteiger partial charge in [0.05, 0.1) is 6.54 Å². The van der Waals surface area contributed by atoms with Crippen molar-refractivity contribution in [3.05, 3.63) is 51.4 Å². The second-order valence-corrected chi connectivity index (χ2v) is 5.47. The topological polar surface area (TPSA) is 29.3 Å². The second kappa shape index (κ2) is 4.50. The predicted molar refractivity (Wildman–Crippen MR) is 74.5 cm³/mol. The molecule has 86 valence electrons. The zero-order valence-corrected chi connectivity index (χ0v) is 11.3. The van der Waals surface area contributed by atoms with Crippen LogP contribution >= 0.6 is 27.3 Å². The molecule has 0 aliphatic heterocycles. The normalized spacial score (nSPS) is 10.9. The number of pyridine rings is 1. The first-order chi connectivity index (χ1) is 8.34. The van der Waals surface area contributed by atoms with E-state index in [9.17, 15) is 0 Å². The Hall–Kier alpha value is -1.33. The van der Waals surface area contributed by atoms with Crippen molar-refractivity contribution >= 4 is 38.7 Å². The summed E-state index contributed by atoms with van der Waals surface area (Å²) in [7, 11) is 0. The Labute approximate surface area is 111 Å². The standard InChI is InChI=1S/C12H10BrN3S/c13-9-4-7-17-10(9)8-15-12-3-1-2-11-14-5-6-16(11)12/h1-7,15H,8H2. The van der Waals surface area contributed by atoms with Crippen LogP contribution in [-0.2, 0) is 6.54 Å². The first kappa shape index (κ1) is 10.8. The Balaban J connectivity index is 1.86. The van der Waals surface area contributed by atoms with Crippen LogP contribution in [0.1, 0.15) is 4.88 Å². The molecule has 0 atom stereocenters. The van der Waals surface area contributed by atoms with Crippen LogP contribution in [0.15, 0.2) is 46.5 Å². The number of thiophene rings is 1. The highest BCUT2D eigenvalue weighted by molar-refractivity contribution is 9.10. The minimum absolute atomic E-state index is 0.815. The van der Waals surface area contributed by atoms with Crippen molar-refractivity contribution in [1.29, 1.82) is 0 Å². The highest BCUT2D eigenvalue weighted by Gasteiger charge is 2.03. The molecule has 17 heavy (non-hydrogen) atoms. The molecular weight excluding hydrogens is 298 g/mol. The minimum atomic E-state index is 0.815. The Morgan fingerprint density at radius 1 is 1.35 bits per heavy atom. The van der Waals surface area contributed by atoms with Crippen LogP contribution in [-0.4, -0.2) is 9.38 Å². The zero-order chi connectivity index (χ0) is 11.7. The fourth-order valence-electron chi connectivity index (χ4n) is 1.71. The Morgan fingerprint density at radius 2 is 2.29 bits per heavy atom. The van der Waals surface area contributed by atoms with Gasteiger partial charge in [0.25, 0.3) is 0 Å². The summed E-state index contributed by atoms with van der Waals surface area (Å²) in [5.41, 5.74) is 0.959. The molecule has 0 amide bonds. The van der Waals surface area contributed by atoms with Gasteiger partial charge in [-0.25, -0.2) is 4.98 Å². The molecule has 0 bridgehead atoms. The molecule has 0 aromatic carbocycles. The van der Waals surface area contributed by atoms with Crippen LogP contribution < -0.4 is 5.32 Å². The lowest BCUT2D eigenvalue weighted by Crippen LogP contribution is -2.02. The first-order valence-corrected chi connectivity index (χ1v) is 6.90. The molecule has 0 radical (unpaired) electrons. The first-order valence-electron chi connectivity index (χ1n) is 5.22. The fraction of sp³-hybridized carbons (Fsp3) is 0.0833. The van der Waals surface area contributed by atoms with Crippen molar-refractivity contribution in [2.45, 2.75) is 6.54 Å². The van der Waals surface area contributed by atoms with Gasteiger partial charge < -0.3 is 5.32 Å². The number of nitrogens with zero attached hydrogens (tertiary/aromatic N) is 2. The van der Waals surface area contributed by atoms with Gasteiger partial charge in [0, 0.05) is 21.7 Å². The number of halogens is 1. The number of fused-ring (bicyclic) bond motifs is 1. The predicted octanol–water partition coefficient (Wildman–Crippen LogP) is 3.77. The van der Waals surface area contributed by atoms with E-state index in [-0.39, 0.29) is 0 Å². The van der Waals surface area contributed by atoms with Crippen molar-refractivity contribution in [2.24, 2.45) is 0 Å². The zero-order valence-electron chi connectivity index (χ0n) is 8.93. The van der Waals surface area contributed by atoms with Crippen LogP contribution in [0, 0.1) is 0 Å². The summed E-state index contributed by atoms with van der Waals surface area (Å²) in [6.45, 7) is 0.815. The monoisotopic (exact) mass is 307 g/mol. The average Bonchev–Trinajstić information content (AvgIpc) is 2.95. The van der Waals surface area contributed by atoms with E-state index in [4.69, 9.17) is 0 Å². The number of hydrogen-bond donors (Lipinski definition) is 1. The molecule has 0 fully saturated rings. The van der Waals surface area contributed by atoms with E-state index in [1.165, 1.54) is 4.88 Å². The maximum Gasteiger partial charge on any atom is 0.138 e. The van der Waals surface area contributed by atoms with Gasteiger partial charge in [-0.3, -0.25) is 4.40 Å². The van der Waals surface area contributed by atoms with Crippen LogP contribution in [0.4, 0.5) is 5.82 Å². The Morgan fingerprint density at radius 3 is 3.12 bits per heavy atom. The summed E-state index contributed by atoms with van der Waals surface area (Å²) < 4.78 is 3.20. The molecule has 0 spiro atoms. The molecule has 3 heterocycles. The summed E-state index contributed by atoms with van der Waals surface area (Å²) in [4.78, 5) is 5.55. The van der Waals surface area contributed by atoms with Gasteiger partial charge >= 0.3 is 0 Å². The van der Waals surface area contributed by atoms with Gasteiger partial charge in [0.1, 0.15) is 11.5 Å². The van der Waals surface area contributed by atoms with Gasteiger partial charge in [-0.1, -0.05) is 6.07 Å². The summed E-state index contributed by atoms with van der Waals surface area (Å²) in [5, 5.41) is 5.50. The summed E-state index contributed by atoms with van der Waals surface area (Å²) in [6, 6.07) is 8.12. The van der Waals surface area contributed by atoms with E-state index in [0.29, 0.717) is 0 Å². The van der Waals surface area contributed by atoms with E-state index in [0.717, 1.165) is 22.5 Å². The van der Waals surface area contributed by atoms with E-state index >= 15 is 0 Å². The lowest BCUT2D eigenvalue weighted by Gasteiger charge is -2.08. The number of anilines is 1. The average molecular weight is 308 g/mol. The number of imidazole rings is 1. The molecule has 3 aromatic rings. The molecule has 0 unspecified atom stereocenters. The van der Waals surface area contributed by atoms with Crippen LogP contribution in [0.3, 0.4) is 0 Å². The Bertz CT molecular complexity index is 644. The third kappa shape index (κ3) is 2.08. The van der Waals surface area contributed by atoms with Gasteiger partial charge in [-0.05, 0) is 39.5 Å². The van der Waals surface area contributed by atoms with Crippen LogP contribution in [0.25, 0.3) is 5.65 Å². The van der Waals surface area contributed by atoms with Crippen molar-refractivity contribution in [3.63, 3.8) is 0 Å². The molecular formula is C12H10BrN3S. The maximum atomic E-state index is 4.26. The summed E-state index contributed by atoms with van der Waals surface area (Å²) in [6.07, 6.45) is 3.77. The maximum absolute atomic E-state index is 4.26. The lowest BCUT2D eigenvalue weighted by atomic mass is 10.4. The fourth-order valence-corrected chi connectivity index (χ4v) is 3.15. The second-order valence-electron chi connectivity index (χ2n) is 3.61. The molecule has 1 N–H and O–H groups in total. The largest absolute Gasteiger partial charge is 0.366 e. The van der Waals surface area contributed by atoms with Crippen LogP contribution in [0.5, 0.6) is 0 Å². The molecule has 3 nitrogen and oxygen atoms in total. The van der Waals surface area contributed by atoms with Crippen molar-refractivity contribution < 1.29 is 0 Å². The van der Waals surface area contributed by atoms with Crippen molar-refractivity contribution in [1.82, 2.24) is 9.38 Å². The molecule has 0 saturated carbocycles. The smallest absolute Gasteiger partial charge is 0.138 e. The number of rotatable bonds is 3. The minimum Gasteiger partial charge on any atom is -0.366 e. The third-order valence-electron chi connectivity index (χ3n) is 2.55. The highest BCUT2D eigenvalue weighted by atomic mass is 79.9. The molecule has 0 aliphatic carbocycles. The van der Waals surface area contributed by atoms with Crippen molar-refractivity contribution in [3.8, 4) is 0 Å². The van der Waals surface area contributed by atoms with E-state index < -0.39 is 0 Å². The van der Waals surface area contributed by atoms with E-state index in [1.54, 1.807) is 11.3 Å². The third-order valence-corrected chi connectivity index (χ3v) is 4.48. The summed E-state index contributed by atoms with van der Waals surface area (Å²) >= 11 is 5.28. The van der Waals surface area contributed by atoms with E-state index in [1.807, 2.05) is 28.9 Å². The highest BCUT2D eigenvalue weighted by Crippen LogP contribution is 2.23. The molecule has 3 rings (SSSR count). The van der Waals surface area contributed by atoms with Gasteiger partial charge in [0.2, 0.25) is 0 Å². The number of aromatic nitrogens is 2. The molecule has 0 saturated heterocycles. The number of nitrogens with one attached hydrogen (secondary N) is 1. The van der Waals surface area contributed by atoms with Crippen LogP contribution in [0.2, 0.25) is 0 Å². The summed E-state index contributed by atoms with van der Waals surface area (Å²) in [5.74, 6) is 1.06. The van der Waals surface area contributed by atoms with Gasteiger partial charge in [-0.2, -0.15) is 0 Å².